The van der Waals surface area contributed by atoms with Crippen LogP contribution in [0.5, 0.6) is 0 Å². The summed E-state index contributed by atoms with van der Waals surface area (Å²) in [6, 6.07) is 1.40. The van der Waals surface area contributed by atoms with Crippen molar-refractivity contribution >= 4 is 17.3 Å². The molecule has 2 N–H and O–H groups in total. The molecule has 0 saturated heterocycles. The van der Waals surface area contributed by atoms with E-state index in [1.807, 2.05) is 6.92 Å². The first kappa shape index (κ1) is 20.4. The average molecular weight is 399 g/mol. The Hall–Kier alpha value is -2.32. The number of benzene rings is 1. The summed E-state index contributed by atoms with van der Waals surface area (Å²) in [5, 5.41) is 16.8. The van der Waals surface area contributed by atoms with E-state index >= 15 is 0 Å². The van der Waals surface area contributed by atoms with Gasteiger partial charge in [0.1, 0.15) is 11.7 Å². The predicted molar refractivity (Wildman–Crippen MR) is 97.7 cm³/mol. The molecule has 1 amide bonds. The number of hydrogen-bond donors (Lipinski definition) is 2. The Kier molecular flexibility index (Phi) is 5.54. The third-order valence-corrected chi connectivity index (χ3v) is 6.09. The third kappa shape index (κ3) is 4.23. The van der Waals surface area contributed by atoms with Gasteiger partial charge in [-0.25, -0.2) is 0 Å². The fourth-order valence-corrected chi connectivity index (χ4v) is 4.64. The number of amides is 1. The van der Waals surface area contributed by atoms with E-state index in [2.05, 4.69) is 10.6 Å². The summed E-state index contributed by atoms with van der Waals surface area (Å²) >= 11 is 0. The van der Waals surface area contributed by atoms with Gasteiger partial charge in [-0.2, -0.15) is 13.2 Å². The fraction of sp³-hybridized carbons (Fsp3) is 0.632. The number of carbonyl (C=O) groups excluding carboxylic acids is 1. The van der Waals surface area contributed by atoms with E-state index in [1.165, 1.54) is 26.2 Å². The van der Waals surface area contributed by atoms with Crippen molar-refractivity contribution < 1.29 is 22.9 Å². The van der Waals surface area contributed by atoms with E-state index in [0.717, 1.165) is 24.5 Å². The van der Waals surface area contributed by atoms with E-state index < -0.39 is 28.4 Å². The van der Waals surface area contributed by atoms with E-state index in [-0.39, 0.29) is 17.6 Å². The van der Waals surface area contributed by atoms with Crippen LogP contribution in [0.2, 0.25) is 0 Å². The van der Waals surface area contributed by atoms with Crippen LogP contribution in [0.1, 0.15) is 45.1 Å². The second kappa shape index (κ2) is 7.60. The number of alkyl halides is 3. The van der Waals surface area contributed by atoms with E-state index in [9.17, 15) is 28.1 Å². The van der Waals surface area contributed by atoms with Crippen LogP contribution >= 0.6 is 0 Å². The van der Waals surface area contributed by atoms with Crippen molar-refractivity contribution in [3.8, 4) is 0 Å². The maximum absolute atomic E-state index is 12.8. The Balaban J connectivity index is 1.65. The minimum atomic E-state index is -4.68. The van der Waals surface area contributed by atoms with Crippen LogP contribution in [-0.2, 0) is 11.0 Å². The molecule has 2 aliphatic carbocycles. The van der Waals surface area contributed by atoms with Crippen LogP contribution < -0.4 is 10.6 Å². The number of fused-ring (bicyclic) bond motifs is 2. The van der Waals surface area contributed by atoms with Crippen LogP contribution in [0.3, 0.4) is 0 Å². The van der Waals surface area contributed by atoms with E-state index in [4.69, 9.17) is 0 Å². The lowest BCUT2D eigenvalue weighted by Crippen LogP contribution is -2.46. The monoisotopic (exact) mass is 399 g/mol. The number of hydrogen-bond acceptors (Lipinski definition) is 4. The predicted octanol–water partition coefficient (Wildman–Crippen LogP) is 4.35. The molecule has 1 aromatic carbocycles. The number of rotatable bonds is 6. The molecule has 0 aliphatic heterocycles. The highest BCUT2D eigenvalue weighted by Gasteiger charge is 2.42. The number of nitrogens with one attached hydrogen (secondary N) is 2. The van der Waals surface area contributed by atoms with Crippen molar-refractivity contribution in [2.45, 2.75) is 57.8 Å². The van der Waals surface area contributed by atoms with Crippen molar-refractivity contribution in [2.24, 2.45) is 17.8 Å². The van der Waals surface area contributed by atoms with Crippen molar-refractivity contribution in [3.63, 3.8) is 0 Å². The number of halogens is 3. The quantitative estimate of drug-likeness (QED) is 0.550. The van der Waals surface area contributed by atoms with Crippen molar-refractivity contribution in [2.75, 3.05) is 5.32 Å². The molecule has 2 saturated carbocycles. The third-order valence-electron chi connectivity index (χ3n) is 6.09. The molecule has 0 heterocycles. The highest BCUT2D eigenvalue weighted by Crippen LogP contribution is 2.49. The van der Waals surface area contributed by atoms with Gasteiger partial charge < -0.3 is 10.6 Å². The number of carbonyl (C=O) groups is 1. The standard InChI is InChI=1S/C19H24F3N3O3/c1-10(15-8-12-3-4-13(15)7-12)24-18(26)11(2)23-16-6-5-14(19(20,21)22)9-17(16)25(27)28/h5-6,9-13,15,23H,3-4,7-8H2,1-2H3,(H,24,26)/t10?,11-,12?,13?,15?/m1/s1. The maximum Gasteiger partial charge on any atom is 0.416 e. The Morgan fingerprint density at radius 2 is 1.96 bits per heavy atom. The Morgan fingerprint density at radius 1 is 1.25 bits per heavy atom. The molecule has 154 valence electrons. The fourth-order valence-electron chi connectivity index (χ4n) is 4.64. The maximum atomic E-state index is 12.8. The van der Waals surface area contributed by atoms with Crippen LogP contribution in [-0.4, -0.2) is 22.9 Å². The Bertz CT molecular complexity index is 769. The van der Waals surface area contributed by atoms with Crippen LogP contribution in [0.15, 0.2) is 18.2 Å². The molecule has 2 fully saturated rings. The molecule has 6 nitrogen and oxygen atoms in total. The molecule has 0 radical (unpaired) electrons. The highest BCUT2D eigenvalue weighted by molar-refractivity contribution is 5.85. The van der Waals surface area contributed by atoms with Crippen LogP contribution in [0.25, 0.3) is 0 Å². The molecule has 2 aliphatic rings. The number of nitro groups is 1. The van der Waals surface area contributed by atoms with Gasteiger partial charge in [-0.3, -0.25) is 14.9 Å². The summed E-state index contributed by atoms with van der Waals surface area (Å²) in [5.74, 6) is 1.50. The molecule has 5 atom stereocenters. The van der Waals surface area contributed by atoms with Gasteiger partial charge in [0, 0.05) is 12.1 Å². The zero-order valence-electron chi connectivity index (χ0n) is 15.8. The van der Waals surface area contributed by atoms with E-state index in [1.54, 1.807) is 0 Å². The molecular formula is C19H24F3N3O3. The zero-order chi connectivity index (χ0) is 20.6. The van der Waals surface area contributed by atoms with Crippen molar-refractivity contribution in [3.05, 3.63) is 33.9 Å². The first-order chi connectivity index (χ1) is 13.1. The van der Waals surface area contributed by atoms with Gasteiger partial charge >= 0.3 is 6.18 Å². The van der Waals surface area contributed by atoms with Crippen molar-refractivity contribution in [1.29, 1.82) is 0 Å². The molecule has 9 heteroatoms. The molecule has 0 spiro atoms. The lowest BCUT2D eigenvalue weighted by Gasteiger charge is -2.29. The normalized spacial score (nSPS) is 26.0. The molecular weight excluding hydrogens is 375 g/mol. The summed E-state index contributed by atoms with van der Waals surface area (Å²) in [4.78, 5) is 22.8. The summed E-state index contributed by atoms with van der Waals surface area (Å²) < 4.78 is 38.4. The van der Waals surface area contributed by atoms with Crippen molar-refractivity contribution in [1.82, 2.24) is 5.32 Å². The van der Waals surface area contributed by atoms with Gasteiger partial charge in [0.05, 0.1) is 10.5 Å². The lowest BCUT2D eigenvalue weighted by atomic mass is 9.84. The topological polar surface area (TPSA) is 84.3 Å². The first-order valence-electron chi connectivity index (χ1n) is 9.48. The second-order valence-electron chi connectivity index (χ2n) is 7.99. The minimum absolute atomic E-state index is 0.00496. The van der Waals surface area contributed by atoms with Gasteiger partial charge in [0.2, 0.25) is 5.91 Å². The molecule has 3 rings (SSSR count). The second-order valence-corrected chi connectivity index (χ2v) is 7.99. The Labute approximate surface area is 161 Å². The summed E-state index contributed by atoms with van der Waals surface area (Å²) in [7, 11) is 0. The van der Waals surface area contributed by atoms with Gasteiger partial charge in [0.25, 0.3) is 5.69 Å². The van der Waals surface area contributed by atoms with Crippen LogP contribution in [0, 0.1) is 27.9 Å². The summed E-state index contributed by atoms with van der Waals surface area (Å²) in [5.41, 5.74) is -1.93. The summed E-state index contributed by atoms with van der Waals surface area (Å²) in [6.07, 6.45) is 0.107. The number of nitro benzene ring substituents is 1. The number of nitrogens with zero attached hydrogens (tertiary/aromatic N) is 1. The average Bonchev–Trinajstić information content (AvgIpc) is 3.24. The molecule has 2 bridgehead atoms. The van der Waals surface area contributed by atoms with Gasteiger partial charge in [-0.15, -0.1) is 0 Å². The Morgan fingerprint density at radius 3 is 2.50 bits per heavy atom. The first-order valence-corrected chi connectivity index (χ1v) is 9.48. The minimum Gasteiger partial charge on any atom is -0.368 e. The van der Waals surface area contributed by atoms with Crippen LogP contribution in [0.4, 0.5) is 24.5 Å². The SMILES string of the molecule is CC(NC(=O)[C@@H](C)Nc1ccc(C(F)(F)F)cc1[N+](=O)[O-])C1CC2CCC1C2. The van der Waals surface area contributed by atoms with Gasteiger partial charge in [-0.1, -0.05) is 6.42 Å². The van der Waals surface area contributed by atoms with Gasteiger partial charge in [-0.05, 0) is 63.0 Å². The summed E-state index contributed by atoms with van der Waals surface area (Å²) in [6.45, 7) is 3.50. The van der Waals surface area contributed by atoms with Gasteiger partial charge in [0.15, 0.2) is 0 Å². The highest BCUT2D eigenvalue weighted by atomic mass is 19.4. The molecule has 28 heavy (non-hydrogen) atoms. The molecule has 1 aromatic rings. The largest absolute Gasteiger partial charge is 0.416 e. The molecule has 4 unspecified atom stereocenters. The number of anilines is 1. The lowest BCUT2D eigenvalue weighted by molar-refractivity contribution is -0.384. The molecule has 0 aromatic heterocycles. The zero-order valence-corrected chi connectivity index (χ0v) is 15.8. The smallest absolute Gasteiger partial charge is 0.368 e. The van der Waals surface area contributed by atoms with E-state index in [0.29, 0.717) is 17.9 Å².